The lowest BCUT2D eigenvalue weighted by atomic mass is 9.82. The number of rotatable bonds is 2. The van der Waals surface area contributed by atoms with Crippen LogP contribution in [-0.4, -0.2) is 38.8 Å². The number of ether oxygens (including phenoxy) is 1. The van der Waals surface area contributed by atoms with Crippen LogP contribution in [-0.2, 0) is 10.3 Å². The van der Waals surface area contributed by atoms with E-state index in [-0.39, 0.29) is 11.6 Å². The molecule has 4 atom stereocenters. The third-order valence-electron chi connectivity index (χ3n) is 5.11. The molecule has 1 saturated carbocycles. The molecule has 2 aromatic rings. The van der Waals surface area contributed by atoms with Gasteiger partial charge in [-0.2, -0.15) is 0 Å². The van der Waals surface area contributed by atoms with Crippen LogP contribution < -0.4 is 0 Å². The second kappa shape index (κ2) is 5.18. The molecule has 0 spiro atoms. The molecule has 0 amide bonds. The van der Waals surface area contributed by atoms with Gasteiger partial charge in [-0.25, -0.2) is 4.98 Å². The summed E-state index contributed by atoms with van der Waals surface area (Å²) in [7, 11) is 2.19. The maximum absolute atomic E-state index is 6.12. The molecule has 4 nitrogen and oxygen atoms in total. The molecular weight excluding hydrogens is 294 g/mol. The molecule has 2 heterocycles. The van der Waals surface area contributed by atoms with Crippen LogP contribution in [0.1, 0.15) is 24.8 Å². The van der Waals surface area contributed by atoms with Crippen molar-refractivity contribution in [3.05, 3.63) is 54.6 Å². The van der Waals surface area contributed by atoms with Gasteiger partial charge >= 0.3 is 0 Å². The van der Waals surface area contributed by atoms with E-state index in [4.69, 9.17) is 17.0 Å². The van der Waals surface area contributed by atoms with Crippen LogP contribution in [0.25, 0.3) is 0 Å². The van der Waals surface area contributed by atoms with Crippen molar-refractivity contribution in [2.45, 2.75) is 36.9 Å². The van der Waals surface area contributed by atoms with Gasteiger partial charge in [-0.3, -0.25) is 9.47 Å². The number of benzene rings is 1. The third kappa shape index (κ3) is 2.00. The zero-order valence-corrected chi connectivity index (χ0v) is 13.4. The molecule has 0 radical (unpaired) electrons. The molecule has 0 bridgehead atoms. The molecule has 1 aromatic heterocycles. The lowest BCUT2D eigenvalue weighted by Crippen LogP contribution is -2.33. The van der Waals surface area contributed by atoms with Crippen LogP contribution in [0.4, 0.5) is 0 Å². The van der Waals surface area contributed by atoms with E-state index in [1.54, 1.807) is 17.1 Å². The van der Waals surface area contributed by atoms with Crippen LogP contribution in [0.15, 0.2) is 49.1 Å². The second-order valence-corrected chi connectivity index (χ2v) is 6.48. The maximum atomic E-state index is 6.12. The van der Waals surface area contributed by atoms with Crippen LogP contribution in [0, 0.1) is 0 Å². The van der Waals surface area contributed by atoms with Gasteiger partial charge in [0.15, 0.2) is 0 Å². The summed E-state index contributed by atoms with van der Waals surface area (Å²) in [6.45, 7) is 0. The molecule has 22 heavy (non-hydrogen) atoms. The molecule has 2 fully saturated rings. The summed E-state index contributed by atoms with van der Waals surface area (Å²) in [5.41, 5.74) is 1.53. The highest BCUT2D eigenvalue weighted by Gasteiger charge is 2.66. The van der Waals surface area contributed by atoms with Crippen LogP contribution in [0.3, 0.4) is 0 Å². The number of fused-ring (bicyclic) bond motifs is 1. The first-order valence-corrected chi connectivity index (χ1v) is 8.12. The molecule has 2 aliphatic rings. The summed E-state index contributed by atoms with van der Waals surface area (Å²) in [6.07, 6.45) is 8.78. The monoisotopic (exact) mass is 313 g/mol. The first-order chi connectivity index (χ1) is 10.7. The fourth-order valence-electron chi connectivity index (χ4n) is 4.04. The quantitative estimate of drug-likeness (QED) is 0.630. The first-order valence-electron chi connectivity index (χ1n) is 7.71. The zero-order valence-electron chi connectivity index (χ0n) is 12.6. The van der Waals surface area contributed by atoms with Gasteiger partial charge in [0.05, 0.1) is 11.6 Å². The summed E-state index contributed by atoms with van der Waals surface area (Å²) >= 11 is 5.40. The Balaban J connectivity index is 1.56. The van der Waals surface area contributed by atoms with Crippen molar-refractivity contribution in [1.82, 2.24) is 14.5 Å². The molecule has 0 N–H and O–H groups in total. The largest absolute Gasteiger partial charge is 0.465 e. The number of thiocarbonyl (C=S) groups is 1. The number of likely N-dealkylation sites (N-methyl/N-ethyl adjacent to an activating group) is 1. The highest BCUT2D eigenvalue weighted by molar-refractivity contribution is 7.80. The van der Waals surface area contributed by atoms with Gasteiger partial charge in [0, 0.05) is 12.4 Å². The average Bonchev–Trinajstić information content (AvgIpc) is 2.92. The molecular formula is C17H19N3OS. The maximum Gasteiger partial charge on any atom is 0.269 e. The van der Waals surface area contributed by atoms with Crippen molar-refractivity contribution in [2.24, 2.45) is 0 Å². The topological polar surface area (TPSA) is 30.1 Å². The number of nitrogens with zero attached hydrogens (tertiary/aromatic N) is 3. The van der Waals surface area contributed by atoms with Crippen molar-refractivity contribution >= 4 is 17.4 Å². The van der Waals surface area contributed by atoms with Crippen molar-refractivity contribution in [3.63, 3.8) is 0 Å². The van der Waals surface area contributed by atoms with Gasteiger partial charge < -0.3 is 4.74 Å². The number of likely N-dealkylation sites (tertiary alicyclic amines) is 1. The van der Waals surface area contributed by atoms with Crippen molar-refractivity contribution < 1.29 is 4.74 Å². The highest BCUT2D eigenvalue weighted by Crippen LogP contribution is 2.57. The SMILES string of the molecule is CN1[C@H]2[C@H](OC(=S)n3ccnc3)CCC[C@]21c1ccccc1. The molecule has 1 saturated heterocycles. The lowest BCUT2D eigenvalue weighted by Gasteiger charge is -2.27. The average molecular weight is 313 g/mol. The number of hydrogen-bond acceptors (Lipinski definition) is 4. The van der Waals surface area contributed by atoms with E-state index in [9.17, 15) is 0 Å². The minimum absolute atomic E-state index is 0.134. The van der Waals surface area contributed by atoms with Gasteiger partial charge in [0.1, 0.15) is 12.4 Å². The van der Waals surface area contributed by atoms with E-state index < -0.39 is 0 Å². The predicted octanol–water partition coefficient (Wildman–Crippen LogP) is 2.79. The van der Waals surface area contributed by atoms with Crippen LogP contribution in [0.5, 0.6) is 0 Å². The zero-order chi connectivity index (χ0) is 15.2. The first kappa shape index (κ1) is 13.9. The van der Waals surface area contributed by atoms with E-state index in [2.05, 4.69) is 47.3 Å². The van der Waals surface area contributed by atoms with E-state index in [1.165, 1.54) is 12.0 Å². The van der Waals surface area contributed by atoms with Crippen molar-refractivity contribution in [1.29, 1.82) is 0 Å². The highest BCUT2D eigenvalue weighted by atomic mass is 32.1. The molecule has 1 unspecified atom stereocenters. The number of imidazole rings is 1. The Morgan fingerprint density at radius 1 is 1.36 bits per heavy atom. The van der Waals surface area contributed by atoms with Crippen LogP contribution >= 0.6 is 12.2 Å². The fourth-order valence-corrected chi connectivity index (χ4v) is 4.27. The smallest absolute Gasteiger partial charge is 0.269 e. The molecule has 1 aromatic carbocycles. The fraction of sp³-hybridized carbons (Fsp3) is 0.412. The summed E-state index contributed by atoms with van der Waals surface area (Å²) in [4.78, 5) is 6.47. The van der Waals surface area contributed by atoms with E-state index in [0.717, 1.165) is 12.8 Å². The Morgan fingerprint density at radius 3 is 2.91 bits per heavy atom. The normalized spacial score (nSPS) is 33.0. The summed E-state index contributed by atoms with van der Waals surface area (Å²) < 4.78 is 7.88. The third-order valence-corrected chi connectivity index (χ3v) is 5.42. The van der Waals surface area contributed by atoms with Crippen molar-refractivity contribution in [3.8, 4) is 0 Å². The minimum Gasteiger partial charge on any atom is -0.465 e. The summed E-state index contributed by atoms with van der Waals surface area (Å²) in [5, 5.41) is 0.492. The Morgan fingerprint density at radius 2 is 2.18 bits per heavy atom. The minimum atomic E-state index is 0.134. The second-order valence-electron chi connectivity index (χ2n) is 6.13. The van der Waals surface area contributed by atoms with E-state index >= 15 is 0 Å². The van der Waals surface area contributed by atoms with Gasteiger partial charge in [-0.1, -0.05) is 30.3 Å². The van der Waals surface area contributed by atoms with Gasteiger partial charge in [0.2, 0.25) is 0 Å². The van der Waals surface area contributed by atoms with Crippen molar-refractivity contribution in [2.75, 3.05) is 7.05 Å². The standard InChI is InChI=1S/C17H19N3OS/c1-19-15-14(21-16(22)20-11-10-18-12-20)8-5-9-17(15,19)13-6-3-2-4-7-13/h2-4,6-7,10-12,14-15H,5,8-9H2,1H3/t14-,15+,17+,19?/m1/s1. The Hall–Kier alpha value is -1.72. The van der Waals surface area contributed by atoms with E-state index in [1.807, 2.05) is 6.20 Å². The number of hydrogen-bond donors (Lipinski definition) is 0. The molecule has 1 aliphatic heterocycles. The van der Waals surface area contributed by atoms with E-state index in [0.29, 0.717) is 11.2 Å². The summed E-state index contributed by atoms with van der Waals surface area (Å²) in [6, 6.07) is 11.2. The Kier molecular flexibility index (Phi) is 3.27. The Bertz CT molecular complexity index is 672. The molecule has 114 valence electrons. The molecule has 4 rings (SSSR count). The number of aromatic nitrogens is 2. The molecule has 5 heteroatoms. The Labute approximate surface area is 135 Å². The van der Waals surface area contributed by atoms with Crippen LogP contribution in [0.2, 0.25) is 0 Å². The van der Waals surface area contributed by atoms with Gasteiger partial charge in [-0.15, -0.1) is 0 Å². The predicted molar refractivity (Wildman–Crippen MR) is 88.6 cm³/mol. The van der Waals surface area contributed by atoms with Gasteiger partial charge in [-0.05, 0) is 44.1 Å². The van der Waals surface area contributed by atoms with Gasteiger partial charge in [0.25, 0.3) is 5.17 Å². The lowest BCUT2D eigenvalue weighted by molar-refractivity contribution is 0.142. The molecule has 1 aliphatic carbocycles. The summed E-state index contributed by atoms with van der Waals surface area (Å²) in [5.74, 6) is 0.